The Morgan fingerprint density at radius 2 is 2.04 bits per heavy atom. The van der Waals surface area contributed by atoms with Crippen molar-refractivity contribution in [1.82, 2.24) is 0 Å². The number of hydrogen-bond acceptors (Lipinski definition) is 4. The Kier molecular flexibility index (Phi) is 5.50. The summed E-state index contributed by atoms with van der Waals surface area (Å²) in [7, 11) is 3.25. The Labute approximate surface area is 139 Å². The van der Waals surface area contributed by atoms with E-state index in [1.807, 2.05) is 24.3 Å². The average molecular weight is 320 g/mol. The Balaban J connectivity index is 2.54. The van der Waals surface area contributed by atoms with Crippen LogP contribution in [-0.4, -0.2) is 38.8 Å². The fourth-order valence-corrected chi connectivity index (χ4v) is 3.61. The number of rotatable bonds is 6. The van der Waals surface area contributed by atoms with Gasteiger partial charge in [0.05, 0.1) is 25.2 Å². The highest BCUT2D eigenvalue weighted by Gasteiger charge is 2.51. The van der Waals surface area contributed by atoms with Gasteiger partial charge in [-0.3, -0.25) is 0 Å². The first-order valence-electron chi connectivity index (χ1n) is 7.98. The summed E-state index contributed by atoms with van der Waals surface area (Å²) < 4.78 is 16.4. The summed E-state index contributed by atoms with van der Waals surface area (Å²) in [5.74, 6) is 0.761. The van der Waals surface area contributed by atoms with Gasteiger partial charge in [-0.25, -0.2) is 0 Å². The number of methoxy groups -OCH3 is 2. The van der Waals surface area contributed by atoms with Crippen molar-refractivity contribution < 1.29 is 19.3 Å². The molecule has 1 aromatic carbocycles. The molecule has 1 aliphatic carbocycles. The van der Waals surface area contributed by atoms with Gasteiger partial charge in [-0.2, -0.15) is 0 Å². The van der Waals surface area contributed by atoms with Crippen LogP contribution in [0.4, 0.5) is 0 Å². The van der Waals surface area contributed by atoms with E-state index in [1.165, 1.54) is 0 Å². The summed E-state index contributed by atoms with van der Waals surface area (Å²) in [4.78, 5) is 0. The van der Waals surface area contributed by atoms with Crippen molar-refractivity contribution in [2.24, 2.45) is 5.41 Å². The molecule has 0 saturated heterocycles. The van der Waals surface area contributed by atoms with Crippen LogP contribution in [0.15, 0.2) is 36.4 Å². The number of benzene rings is 1. The van der Waals surface area contributed by atoms with Crippen LogP contribution in [0.3, 0.4) is 0 Å². The zero-order valence-electron chi connectivity index (χ0n) is 14.6. The van der Waals surface area contributed by atoms with Crippen LogP contribution in [0.2, 0.25) is 0 Å². The largest absolute Gasteiger partial charge is 0.497 e. The smallest absolute Gasteiger partial charge is 0.146 e. The molecule has 0 amide bonds. The first-order valence-corrected chi connectivity index (χ1v) is 7.98. The average Bonchev–Trinajstić information content (AvgIpc) is 2.56. The minimum Gasteiger partial charge on any atom is -0.497 e. The molecule has 2 atom stereocenters. The molecule has 0 spiro atoms. The molecule has 23 heavy (non-hydrogen) atoms. The standard InChI is InChI=1S/C19H28O4/c1-14-18(2,3)10-9-17(23-13-21-4)19(14,12-20)15-7-6-8-16(11-15)22-5/h6-8,11,17,20H,1,9-10,12-13H2,2-5H3/t17-,19-/m1/s1. The van der Waals surface area contributed by atoms with E-state index >= 15 is 0 Å². The normalized spacial score (nSPS) is 27.0. The summed E-state index contributed by atoms with van der Waals surface area (Å²) in [5.41, 5.74) is 1.24. The fraction of sp³-hybridized carbons (Fsp3) is 0.579. The Morgan fingerprint density at radius 1 is 1.30 bits per heavy atom. The summed E-state index contributed by atoms with van der Waals surface area (Å²) in [6.07, 6.45) is 1.62. The molecule has 0 radical (unpaired) electrons. The maximum Gasteiger partial charge on any atom is 0.146 e. The fourth-order valence-electron chi connectivity index (χ4n) is 3.61. The predicted molar refractivity (Wildman–Crippen MR) is 90.7 cm³/mol. The number of aliphatic hydroxyl groups is 1. The van der Waals surface area contributed by atoms with E-state index in [4.69, 9.17) is 14.2 Å². The van der Waals surface area contributed by atoms with E-state index in [1.54, 1.807) is 14.2 Å². The summed E-state index contributed by atoms with van der Waals surface area (Å²) in [5, 5.41) is 10.4. The Hall–Kier alpha value is -1.36. The van der Waals surface area contributed by atoms with Gasteiger partial charge >= 0.3 is 0 Å². The highest BCUT2D eigenvalue weighted by Crippen LogP contribution is 2.52. The molecule has 2 rings (SSSR count). The molecular weight excluding hydrogens is 292 g/mol. The Bertz CT molecular complexity index is 552. The van der Waals surface area contributed by atoms with Gasteiger partial charge in [0.2, 0.25) is 0 Å². The van der Waals surface area contributed by atoms with Crippen molar-refractivity contribution >= 4 is 0 Å². The molecule has 1 saturated carbocycles. The molecule has 128 valence electrons. The van der Waals surface area contributed by atoms with Crippen molar-refractivity contribution in [1.29, 1.82) is 0 Å². The van der Waals surface area contributed by atoms with Crippen molar-refractivity contribution in [2.75, 3.05) is 27.6 Å². The molecule has 0 bridgehead atoms. The second-order valence-corrected chi connectivity index (χ2v) is 6.82. The molecular formula is C19H28O4. The lowest BCUT2D eigenvalue weighted by Crippen LogP contribution is -2.53. The van der Waals surface area contributed by atoms with Gasteiger partial charge < -0.3 is 19.3 Å². The predicted octanol–water partition coefficient (Wildman–Crippen LogP) is 3.29. The SMILES string of the molecule is C=C1C(C)(C)CC[C@@H](OCOC)[C@@]1(CO)c1cccc(OC)c1. The highest BCUT2D eigenvalue weighted by molar-refractivity contribution is 5.45. The third-order valence-electron chi connectivity index (χ3n) is 5.16. The van der Waals surface area contributed by atoms with Gasteiger partial charge in [0.25, 0.3) is 0 Å². The second kappa shape index (κ2) is 7.04. The van der Waals surface area contributed by atoms with E-state index < -0.39 is 5.41 Å². The zero-order chi connectivity index (χ0) is 17.1. The van der Waals surface area contributed by atoms with Gasteiger partial charge in [-0.15, -0.1) is 0 Å². The lowest BCUT2D eigenvalue weighted by molar-refractivity contribution is -0.117. The maximum absolute atomic E-state index is 10.4. The third-order valence-corrected chi connectivity index (χ3v) is 5.16. The van der Waals surface area contributed by atoms with Gasteiger partial charge in [0.1, 0.15) is 12.5 Å². The lowest BCUT2D eigenvalue weighted by atomic mass is 9.56. The molecule has 1 aromatic rings. The molecule has 1 aliphatic rings. The van der Waals surface area contributed by atoms with E-state index in [0.717, 1.165) is 29.7 Å². The molecule has 0 aliphatic heterocycles. The number of aliphatic hydroxyl groups excluding tert-OH is 1. The van der Waals surface area contributed by atoms with E-state index in [2.05, 4.69) is 20.4 Å². The lowest BCUT2D eigenvalue weighted by Gasteiger charge is -2.51. The van der Waals surface area contributed by atoms with Crippen molar-refractivity contribution in [3.63, 3.8) is 0 Å². The van der Waals surface area contributed by atoms with E-state index in [9.17, 15) is 5.11 Å². The number of hydrogen-bond donors (Lipinski definition) is 1. The van der Waals surface area contributed by atoms with Gasteiger partial charge in [-0.05, 0) is 36.0 Å². The molecule has 4 heteroatoms. The zero-order valence-corrected chi connectivity index (χ0v) is 14.6. The summed E-state index contributed by atoms with van der Waals surface area (Å²) >= 11 is 0. The molecule has 1 N–H and O–H groups in total. The summed E-state index contributed by atoms with van der Waals surface area (Å²) in [6.45, 7) is 8.85. The van der Waals surface area contributed by atoms with Crippen LogP contribution in [0.1, 0.15) is 32.3 Å². The molecule has 0 unspecified atom stereocenters. The first-order chi connectivity index (χ1) is 10.9. The second-order valence-electron chi connectivity index (χ2n) is 6.82. The minimum absolute atomic E-state index is 0.0587. The van der Waals surface area contributed by atoms with Crippen LogP contribution in [0.25, 0.3) is 0 Å². The maximum atomic E-state index is 10.4. The number of ether oxygens (including phenoxy) is 3. The highest BCUT2D eigenvalue weighted by atomic mass is 16.7. The van der Waals surface area contributed by atoms with Crippen molar-refractivity contribution in [2.45, 2.75) is 38.2 Å². The Morgan fingerprint density at radius 3 is 2.65 bits per heavy atom. The van der Waals surface area contributed by atoms with Gasteiger partial charge in [0.15, 0.2) is 0 Å². The van der Waals surface area contributed by atoms with Crippen LogP contribution in [0, 0.1) is 5.41 Å². The molecule has 0 heterocycles. The first kappa shape index (κ1) is 18.0. The van der Waals surface area contributed by atoms with Crippen LogP contribution >= 0.6 is 0 Å². The van der Waals surface area contributed by atoms with Crippen LogP contribution in [-0.2, 0) is 14.9 Å². The van der Waals surface area contributed by atoms with Gasteiger partial charge in [-0.1, -0.05) is 38.1 Å². The van der Waals surface area contributed by atoms with Crippen molar-refractivity contribution in [3.05, 3.63) is 42.0 Å². The molecule has 4 nitrogen and oxygen atoms in total. The topological polar surface area (TPSA) is 47.9 Å². The monoisotopic (exact) mass is 320 g/mol. The van der Waals surface area contributed by atoms with E-state index in [0.29, 0.717) is 0 Å². The molecule has 0 aromatic heterocycles. The molecule has 1 fully saturated rings. The van der Waals surface area contributed by atoms with Crippen molar-refractivity contribution in [3.8, 4) is 5.75 Å². The summed E-state index contributed by atoms with van der Waals surface area (Å²) in [6, 6.07) is 7.81. The van der Waals surface area contributed by atoms with Crippen LogP contribution in [0.5, 0.6) is 5.75 Å². The van der Waals surface area contributed by atoms with Crippen LogP contribution < -0.4 is 4.74 Å². The quantitative estimate of drug-likeness (QED) is 0.645. The van der Waals surface area contributed by atoms with E-state index in [-0.39, 0.29) is 24.9 Å². The minimum atomic E-state index is -0.658. The van der Waals surface area contributed by atoms with Gasteiger partial charge in [0, 0.05) is 7.11 Å². The third kappa shape index (κ3) is 3.16.